The number of aryl methyl sites for hydroxylation is 2. The molecule has 0 aliphatic heterocycles. The minimum absolute atomic E-state index is 0.145. The van der Waals surface area contributed by atoms with Crippen LogP contribution in [0.25, 0.3) is 10.9 Å². The number of aromatic nitrogens is 3. The predicted molar refractivity (Wildman–Crippen MR) is 118 cm³/mol. The van der Waals surface area contributed by atoms with Crippen LogP contribution in [0.15, 0.2) is 60.8 Å². The van der Waals surface area contributed by atoms with Crippen LogP contribution in [0.5, 0.6) is 0 Å². The first-order chi connectivity index (χ1) is 14.5. The molecule has 0 atom stereocenters. The molecule has 0 saturated heterocycles. The van der Waals surface area contributed by atoms with Gasteiger partial charge in [-0.2, -0.15) is 0 Å². The smallest absolute Gasteiger partial charge is 0.251 e. The van der Waals surface area contributed by atoms with Crippen LogP contribution < -0.4 is 11.1 Å². The van der Waals surface area contributed by atoms with Crippen molar-refractivity contribution in [3.8, 4) is 0 Å². The second-order valence-electron chi connectivity index (χ2n) is 7.36. The number of rotatable bonds is 5. The van der Waals surface area contributed by atoms with Crippen molar-refractivity contribution in [2.75, 3.05) is 5.73 Å². The van der Waals surface area contributed by atoms with E-state index in [0.717, 1.165) is 39.1 Å². The molecule has 3 aromatic heterocycles. The Morgan fingerprint density at radius 1 is 1.00 bits per heavy atom. The van der Waals surface area contributed by atoms with E-state index in [1.807, 2.05) is 38.1 Å². The molecule has 6 nitrogen and oxygen atoms in total. The third-order valence-electron chi connectivity index (χ3n) is 5.01. The zero-order valence-corrected chi connectivity index (χ0v) is 17.0. The quantitative estimate of drug-likeness (QED) is 0.535. The van der Waals surface area contributed by atoms with Gasteiger partial charge in [0.15, 0.2) is 0 Å². The minimum Gasteiger partial charge on any atom is -0.384 e. The lowest BCUT2D eigenvalue weighted by Crippen LogP contribution is -2.23. The first kappa shape index (κ1) is 19.5. The first-order valence-electron chi connectivity index (χ1n) is 9.79. The summed E-state index contributed by atoms with van der Waals surface area (Å²) in [6.45, 7) is 4.26. The SMILES string of the molecule is Cc1ccc2cc(Cc3cc(C(=O)NCc4ccc(N)nc4C)ccn3)ccc2n1. The molecule has 0 aliphatic carbocycles. The highest BCUT2D eigenvalue weighted by atomic mass is 16.1. The molecule has 3 heterocycles. The van der Waals surface area contributed by atoms with Crippen LogP contribution in [0.4, 0.5) is 5.82 Å². The fourth-order valence-corrected chi connectivity index (χ4v) is 3.39. The Balaban J connectivity index is 1.46. The van der Waals surface area contributed by atoms with Gasteiger partial charge in [0.25, 0.3) is 5.91 Å². The third kappa shape index (κ3) is 4.43. The molecule has 0 spiro atoms. The topological polar surface area (TPSA) is 93.8 Å². The van der Waals surface area contributed by atoms with Crippen LogP contribution >= 0.6 is 0 Å². The van der Waals surface area contributed by atoms with Gasteiger partial charge < -0.3 is 11.1 Å². The minimum atomic E-state index is -0.145. The lowest BCUT2D eigenvalue weighted by molar-refractivity contribution is 0.0950. The summed E-state index contributed by atoms with van der Waals surface area (Å²) < 4.78 is 0. The summed E-state index contributed by atoms with van der Waals surface area (Å²) in [6, 6.07) is 17.5. The Morgan fingerprint density at radius 2 is 1.87 bits per heavy atom. The Morgan fingerprint density at radius 3 is 2.70 bits per heavy atom. The van der Waals surface area contributed by atoms with Gasteiger partial charge in [0, 0.05) is 47.2 Å². The van der Waals surface area contributed by atoms with Crippen molar-refractivity contribution in [3.63, 3.8) is 0 Å². The first-order valence-corrected chi connectivity index (χ1v) is 9.79. The zero-order chi connectivity index (χ0) is 21.1. The average Bonchev–Trinajstić information content (AvgIpc) is 2.73. The van der Waals surface area contributed by atoms with Crippen LogP contribution in [-0.2, 0) is 13.0 Å². The number of carbonyl (C=O) groups excluding carboxylic acids is 1. The van der Waals surface area contributed by atoms with E-state index < -0.39 is 0 Å². The van der Waals surface area contributed by atoms with Crippen LogP contribution in [0, 0.1) is 13.8 Å². The molecule has 6 heteroatoms. The maximum Gasteiger partial charge on any atom is 0.251 e. The largest absolute Gasteiger partial charge is 0.384 e. The molecule has 1 amide bonds. The Bertz CT molecular complexity index is 1240. The zero-order valence-electron chi connectivity index (χ0n) is 17.0. The summed E-state index contributed by atoms with van der Waals surface area (Å²) in [5, 5.41) is 4.04. The van der Waals surface area contributed by atoms with Crippen molar-refractivity contribution in [2.45, 2.75) is 26.8 Å². The van der Waals surface area contributed by atoms with Crippen molar-refractivity contribution in [2.24, 2.45) is 0 Å². The summed E-state index contributed by atoms with van der Waals surface area (Å²) in [7, 11) is 0. The molecule has 4 aromatic rings. The second kappa shape index (κ2) is 8.29. The Labute approximate surface area is 175 Å². The lowest BCUT2D eigenvalue weighted by Gasteiger charge is -2.09. The molecular formula is C24H23N5O. The van der Waals surface area contributed by atoms with E-state index in [9.17, 15) is 4.79 Å². The van der Waals surface area contributed by atoms with Gasteiger partial charge in [0.2, 0.25) is 0 Å². The number of nitrogen functional groups attached to an aromatic ring is 1. The van der Waals surface area contributed by atoms with Crippen molar-refractivity contribution in [3.05, 3.63) is 94.6 Å². The maximum absolute atomic E-state index is 12.6. The molecule has 30 heavy (non-hydrogen) atoms. The number of nitrogens with one attached hydrogen (secondary N) is 1. The summed E-state index contributed by atoms with van der Waals surface area (Å²) in [5.41, 5.74) is 12.0. The van der Waals surface area contributed by atoms with Gasteiger partial charge in [0.1, 0.15) is 5.82 Å². The normalized spacial score (nSPS) is 10.9. The van der Waals surface area contributed by atoms with Gasteiger partial charge in [-0.1, -0.05) is 18.2 Å². The fourth-order valence-electron chi connectivity index (χ4n) is 3.39. The number of anilines is 1. The van der Waals surface area contributed by atoms with Crippen molar-refractivity contribution >= 4 is 22.6 Å². The Kier molecular flexibility index (Phi) is 5.39. The number of hydrogen-bond acceptors (Lipinski definition) is 5. The highest BCUT2D eigenvalue weighted by molar-refractivity contribution is 5.94. The average molecular weight is 397 g/mol. The van der Waals surface area contributed by atoms with E-state index in [2.05, 4.69) is 38.5 Å². The standard InChI is InChI=1S/C24H23N5O/c1-15-3-5-18-11-17(4-7-22(18)28-15)12-21-13-19(9-10-26-21)24(30)27-14-20-6-8-23(25)29-16(20)2/h3-11,13H,12,14H2,1-2H3,(H2,25,29)(H,27,30). The number of nitrogens with two attached hydrogens (primary N) is 1. The highest BCUT2D eigenvalue weighted by Crippen LogP contribution is 2.17. The van der Waals surface area contributed by atoms with Crippen molar-refractivity contribution in [1.82, 2.24) is 20.3 Å². The van der Waals surface area contributed by atoms with Gasteiger partial charge in [-0.25, -0.2) is 4.98 Å². The van der Waals surface area contributed by atoms with E-state index in [1.54, 1.807) is 18.3 Å². The maximum atomic E-state index is 12.6. The number of fused-ring (bicyclic) bond motifs is 1. The second-order valence-corrected chi connectivity index (χ2v) is 7.36. The van der Waals surface area contributed by atoms with E-state index >= 15 is 0 Å². The number of benzene rings is 1. The van der Waals surface area contributed by atoms with Gasteiger partial charge >= 0.3 is 0 Å². The van der Waals surface area contributed by atoms with E-state index in [0.29, 0.717) is 24.3 Å². The van der Waals surface area contributed by atoms with Gasteiger partial charge in [-0.3, -0.25) is 14.8 Å². The number of nitrogens with zero attached hydrogens (tertiary/aromatic N) is 3. The molecule has 0 unspecified atom stereocenters. The number of pyridine rings is 3. The molecule has 1 aromatic carbocycles. The van der Waals surface area contributed by atoms with Crippen LogP contribution in [0.3, 0.4) is 0 Å². The molecule has 3 N–H and O–H groups in total. The van der Waals surface area contributed by atoms with Crippen LogP contribution in [0.2, 0.25) is 0 Å². The fraction of sp³-hybridized carbons (Fsp3) is 0.167. The predicted octanol–water partition coefficient (Wildman–Crippen LogP) is 3.74. The summed E-state index contributed by atoms with van der Waals surface area (Å²) in [6.07, 6.45) is 2.32. The molecular weight excluding hydrogens is 374 g/mol. The van der Waals surface area contributed by atoms with Crippen molar-refractivity contribution < 1.29 is 4.79 Å². The monoisotopic (exact) mass is 397 g/mol. The van der Waals surface area contributed by atoms with Gasteiger partial charge in [-0.15, -0.1) is 0 Å². The summed E-state index contributed by atoms with van der Waals surface area (Å²) in [4.78, 5) is 25.8. The van der Waals surface area contributed by atoms with Crippen molar-refractivity contribution in [1.29, 1.82) is 0 Å². The van der Waals surface area contributed by atoms with E-state index in [1.165, 1.54) is 0 Å². The number of carbonyl (C=O) groups is 1. The number of amides is 1. The van der Waals surface area contributed by atoms with E-state index in [4.69, 9.17) is 5.73 Å². The molecule has 0 fully saturated rings. The molecule has 0 radical (unpaired) electrons. The van der Waals surface area contributed by atoms with Gasteiger partial charge in [-0.05, 0) is 61.4 Å². The molecule has 150 valence electrons. The summed E-state index contributed by atoms with van der Waals surface area (Å²) in [5.74, 6) is 0.328. The Hall–Kier alpha value is -3.80. The van der Waals surface area contributed by atoms with E-state index in [-0.39, 0.29) is 5.91 Å². The number of hydrogen-bond donors (Lipinski definition) is 2. The highest BCUT2D eigenvalue weighted by Gasteiger charge is 2.09. The summed E-state index contributed by atoms with van der Waals surface area (Å²) >= 11 is 0. The van der Waals surface area contributed by atoms with Crippen LogP contribution in [-0.4, -0.2) is 20.9 Å². The van der Waals surface area contributed by atoms with Crippen LogP contribution in [0.1, 0.15) is 38.6 Å². The molecule has 4 rings (SSSR count). The molecule has 0 aliphatic rings. The van der Waals surface area contributed by atoms with Gasteiger partial charge in [0.05, 0.1) is 5.52 Å². The third-order valence-corrected chi connectivity index (χ3v) is 5.01. The molecule has 0 bridgehead atoms. The molecule has 0 saturated carbocycles. The lowest BCUT2D eigenvalue weighted by atomic mass is 10.0.